The zero-order chi connectivity index (χ0) is 15.3. The number of hydrogen-bond acceptors (Lipinski definition) is 3. The number of hydrogen-bond donors (Lipinski definition) is 3. The molecule has 110 valence electrons. The maximum absolute atomic E-state index is 11.9. The van der Waals surface area contributed by atoms with Crippen LogP contribution in [-0.2, 0) is 9.59 Å². The topological polar surface area (TPSA) is 84.2 Å². The third kappa shape index (κ3) is 4.83. The van der Waals surface area contributed by atoms with Gasteiger partial charge in [0.05, 0.1) is 12.6 Å². The summed E-state index contributed by atoms with van der Waals surface area (Å²) in [5.41, 5.74) is 6.84. The van der Waals surface area contributed by atoms with Gasteiger partial charge in [-0.3, -0.25) is 14.9 Å². The largest absolute Gasteiger partial charge is 0.368 e. The normalized spacial score (nSPS) is 12.2. The molecule has 0 aliphatic heterocycles. The van der Waals surface area contributed by atoms with Crippen LogP contribution in [0.15, 0.2) is 18.2 Å². The minimum Gasteiger partial charge on any atom is -0.368 e. The van der Waals surface area contributed by atoms with Crippen LogP contribution in [0, 0.1) is 12.8 Å². The first-order chi connectivity index (χ1) is 9.31. The second-order valence-electron chi connectivity index (χ2n) is 5.01. The molecule has 1 rings (SSSR count). The minimum absolute atomic E-state index is 0.0116. The fourth-order valence-electron chi connectivity index (χ4n) is 1.79. The van der Waals surface area contributed by atoms with Gasteiger partial charge in [0.15, 0.2) is 0 Å². The fourth-order valence-corrected chi connectivity index (χ4v) is 1.96. The molecule has 0 saturated heterocycles. The van der Waals surface area contributed by atoms with Gasteiger partial charge in [0.1, 0.15) is 0 Å². The van der Waals surface area contributed by atoms with Crippen molar-refractivity contribution in [3.8, 4) is 0 Å². The molecule has 1 aromatic carbocycles. The number of primary amides is 1. The van der Waals surface area contributed by atoms with Crippen molar-refractivity contribution < 1.29 is 9.59 Å². The first-order valence-electron chi connectivity index (χ1n) is 6.40. The number of rotatable bonds is 6. The van der Waals surface area contributed by atoms with Gasteiger partial charge in [0.2, 0.25) is 11.8 Å². The van der Waals surface area contributed by atoms with Crippen LogP contribution in [0.2, 0.25) is 5.02 Å². The Morgan fingerprint density at radius 1 is 1.35 bits per heavy atom. The Morgan fingerprint density at radius 2 is 2.00 bits per heavy atom. The molecule has 4 N–H and O–H groups in total. The Hall–Kier alpha value is -1.59. The van der Waals surface area contributed by atoms with E-state index in [1.54, 1.807) is 12.1 Å². The average Bonchev–Trinajstić information content (AvgIpc) is 2.33. The maximum Gasteiger partial charge on any atom is 0.238 e. The van der Waals surface area contributed by atoms with E-state index in [1.165, 1.54) is 0 Å². The Morgan fingerprint density at radius 3 is 2.55 bits per heavy atom. The molecule has 0 bridgehead atoms. The van der Waals surface area contributed by atoms with Gasteiger partial charge in [0.25, 0.3) is 0 Å². The summed E-state index contributed by atoms with van der Waals surface area (Å²) in [6.45, 7) is 5.61. The predicted molar refractivity (Wildman–Crippen MR) is 80.6 cm³/mol. The molecular formula is C14H20ClN3O2. The zero-order valence-corrected chi connectivity index (χ0v) is 12.6. The highest BCUT2D eigenvalue weighted by Gasteiger charge is 2.19. The van der Waals surface area contributed by atoms with Crippen molar-refractivity contribution >= 4 is 29.1 Å². The van der Waals surface area contributed by atoms with Crippen LogP contribution < -0.4 is 16.4 Å². The Bertz CT molecular complexity index is 503. The number of anilines is 1. The summed E-state index contributed by atoms with van der Waals surface area (Å²) >= 11 is 5.88. The number of carbonyl (C=O) groups excluding carboxylic acids is 2. The minimum atomic E-state index is -0.527. The number of nitrogens with two attached hydrogens (primary N) is 1. The van der Waals surface area contributed by atoms with Gasteiger partial charge in [0, 0.05) is 10.7 Å². The number of nitrogens with one attached hydrogen (secondary N) is 2. The third-order valence-corrected chi connectivity index (χ3v) is 3.16. The SMILES string of the molecule is Cc1ccc(Cl)cc1NC(=O)CNC(C(N)=O)C(C)C. The number of halogens is 1. The summed E-state index contributed by atoms with van der Waals surface area (Å²) in [6, 6.07) is 4.74. The molecule has 20 heavy (non-hydrogen) atoms. The van der Waals surface area contributed by atoms with Crippen molar-refractivity contribution in [3.63, 3.8) is 0 Å². The molecule has 6 heteroatoms. The maximum atomic E-state index is 11.9. The molecule has 0 aliphatic rings. The van der Waals surface area contributed by atoms with Gasteiger partial charge in [-0.2, -0.15) is 0 Å². The predicted octanol–water partition coefficient (Wildman–Crippen LogP) is 1.69. The molecule has 1 aromatic rings. The fraction of sp³-hybridized carbons (Fsp3) is 0.429. The number of aryl methyl sites for hydroxylation is 1. The highest BCUT2D eigenvalue weighted by atomic mass is 35.5. The molecule has 0 radical (unpaired) electrons. The molecule has 0 aromatic heterocycles. The number of benzene rings is 1. The van der Waals surface area contributed by atoms with E-state index in [-0.39, 0.29) is 18.4 Å². The molecule has 5 nitrogen and oxygen atoms in total. The summed E-state index contributed by atoms with van der Waals surface area (Å²) in [4.78, 5) is 23.1. The Balaban J connectivity index is 2.60. The average molecular weight is 298 g/mol. The van der Waals surface area contributed by atoms with Crippen molar-refractivity contribution in [1.29, 1.82) is 0 Å². The summed E-state index contributed by atoms with van der Waals surface area (Å²) in [7, 11) is 0. The highest BCUT2D eigenvalue weighted by molar-refractivity contribution is 6.31. The van der Waals surface area contributed by atoms with E-state index < -0.39 is 11.9 Å². The molecule has 0 heterocycles. The molecule has 0 saturated carbocycles. The van der Waals surface area contributed by atoms with Gasteiger partial charge >= 0.3 is 0 Å². The van der Waals surface area contributed by atoms with Crippen LogP contribution in [0.4, 0.5) is 5.69 Å². The van der Waals surface area contributed by atoms with Crippen LogP contribution in [0.25, 0.3) is 0 Å². The zero-order valence-electron chi connectivity index (χ0n) is 11.9. The molecule has 0 spiro atoms. The first kappa shape index (κ1) is 16.5. The molecule has 0 fully saturated rings. The van der Waals surface area contributed by atoms with E-state index in [2.05, 4.69) is 10.6 Å². The first-order valence-corrected chi connectivity index (χ1v) is 6.77. The lowest BCUT2D eigenvalue weighted by Gasteiger charge is -2.18. The summed E-state index contributed by atoms with van der Waals surface area (Å²) in [6.07, 6.45) is 0. The monoisotopic (exact) mass is 297 g/mol. The van der Waals surface area contributed by atoms with E-state index in [1.807, 2.05) is 26.8 Å². The summed E-state index contributed by atoms with van der Waals surface area (Å²) in [5.74, 6) is -0.692. The smallest absolute Gasteiger partial charge is 0.238 e. The molecular weight excluding hydrogens is 278 g/mol. The highest BCUT2D eigenvalue weighted by Crippen LogP contribution is 2.19. The van der Waals surface area contributed by atoms with E-state index in [4.69, 9.17) is 17.3 Å². The van der Waals surface area contributed by atoms with Crippen LogP contribution >= 0.6 is 11.6 Å². The lowest BCUT2D eigenvalue weighted by molar-refractivity contribution is -0.121. The van der Waals surface area contributed by atoms with Gasteiger partial charge < -0.3 is 11.1 Å². The summed E-state index contributed by atoms with van der Waals surface area (Å²) < 4.78 is 0. The van der Waals surface area contributed by atoms with Crippen molar-refractivity contribution in [1.82, 2.24) is 5.32 Å². The van der Waals surface area contributed by atoms with Gasteiger partial charge in [-0.15, -0.1) is 0 Å². The van der Waals surface area contributed by atoms with Gasteiger partial charge in [-0.25, -0.2) is 0 Å². The van der Waals surface area contributed by atoms with Crippen LogP contribution in [-0.4, -0.2) is 24.4 Å². The standard InChI is InChI=1S/C14H20ClN3O2/c1-8(2)13(14(16)20)17-7-12(19)18-11-6-10(15)5-4-9(11)3/h4-6,8,13,17H,7H2,1-3H3,(H2,16,20)(H,18,19). The molecule has 1 atom stereocenters. The Labute approximate surface area is 123 Å². The second-order valence-corrected chi connectivity index (χ2v) is 5.45. The van der Waals surface area contributed by atoms with Gasteiger partial charge in [-0.1, -0.05) is 31.5 Å². The quantitative estimate of drug-likeness (QED) is 0.747. The van der Waals surface area contributed by atoms with E-state index in [0.717, 1.165) is 5.56 Å². The van der Waals surface area contributed by atoms with E-state index >= 15 is 0 Å². The Kier molecular flexibility index (Phi) is 5.98. The van der Waals surface area contributed by atoms with Crippen LogP contribution in [0.1, 0.15) is 19.4 Å². The van der Waals surface area contributed by atoms with Crippen molar-refractivity contribution in [2.24, 2.45) is 11.7 Å². The van der Waals surface area contributed by atoms with Crippen LogP contribution in [0.5, 0.6) is 0 Å². The number of amides is 2. The molecule has 0 aliphatic carbocycles. The van der Waals surface area contributed by atoms with Crippen LogP contribution in [0.3, 0.4) is 0 Å². The van der Waals surface area contributed by atoms with Crippen molar-refractivity contribution in [3.05, 3.63) is 28.8 Å². The van der Waals surface area contributed by atoms with Crippen molar-refractivity contribution in [2.75, 3.05) is 11.9 Å². The second kappa shape index (κ2) is 7.26. The van der Waals surface area contributed by atoms with Crippen molar-refractivity contribution in [2.45, 2.75) is 26.8 Å². The lowest BCUT2D eigenvalue weighted by Crippen LogP contribution is -2.47. The number of carbonyl (C=O) groups is 2. The molecule has 2 amide bonds. The summed E-state index contributed by atoms with van der Waals surface area (Å²) in [5, 5.41) is 6.15. The van der Waals surface area contributed by atoms with E-state index in [0.29, 0.717) is 10.7 Å². The lowest BCUT2D eigenvalue weighted by atomic mass is 10.0. The van der Waals surface area contributed by atoms with Gasteiger partial charge in [-0.05, 0) is 30.5 Å². The third-order valence-electron chi connectivity index (χ3n) is 2.93. The molecule has 1 unspecified atom stereocenters. The van der Waals surface area contributed by atoms with E-state index in [9.17, 15) is 9.59 Å².